The molecule has 0 unspecified atom stereocenters. The van der Waals surface area contributed by atoms with E-state index in [2.05, 4.69) is 27.2 Å². The van der Waals surface area contributed by atoms with Gasteiger partial charge in [-0.2, -0.15) is 0 Å². The molecule has 1 aliphatic rings. The summed E-state index contributed by atoms with van der Waals surface area (Å²) in [5, 5.41) is 3.10. The number of carbonyl (C=O) groups is 1. The molecule has 1 aromatic heterocycles. The van der Waals surface area contributed by atoms with Crippen molar-refractivity contribution in [2.75, 3.05) is 58.8 Å². The number of likely N-dealkylation sites (N-methyl/N-ethyl adjacent to an activating group) is 1. The fourth-order valence-corrected chi connectivity index (χ4v) is 2.15. The van der Waals surface area contributed by atoms with Crippen molar-refractivity contribution in [3.63, 3.8) is 0 Å². The van der Waals surface area contributed by atoms with Crippen molar-refractivity contribution in [3.05, 3.63) is 18.0 Å². The number of hydrogen-bond donors (Lipinski definition) is 1. The summed E-state index contributed by atoms with van der Waals surface area (Å²) in [7, 11) is 3.74. The number of hydrogen-bond acceptors (Lipinski definition) is 6. The number of aromatic nitrogens is 2. The Bertz CT molecular complexity index is 460. The van der Waals surface area contributed by atoms with Crippen LogP contribution < -0.4 is 5.32 Å². The molecule has 1 aliphatic heterocycles. The lowest BCUT2D eigenvalue weighted by Gasteiger charge is -2.32. The van der Waals surface area contributed by atoms with Crippen LogP contribution in [0.1, 0.15) is 16.9 Å². The minimum Gasteiger partial charge on any atom is -0.385 e. The van der Waals surface area contributed by atoms with Crippen molar-refractivity contribution in [3.8, 4) is 0 Å². The van der Waals surface area contributed by atoms with Crippen molar-refractivity contribution in [2.24, 2.45) is 0 Å². The van der Waals surface area contributed by atoms with Gasteiger partial charge in [0.15, 0.2) is 0 Å². The maximum absolute atomic E-state index is 12.4. The van der Waals surface area contributed by atoms with Crippen molar-refractivity contribution < 1.29 is 9.53 Å². The second kappa shape index (κ2) is 7.90. The van der Waals surface area contributed by atoms with Gasteiger partial charge in [-0.1, -0.05) is 0 Å². The van der Waals surface area contributed by atoms with E-state index in [-0.39, 0.29) is 5.91 Å². The van der Waals surface area contributed by atoms with Gasteiger partial charge in [0.25, 0.3) is 5.91 Å². The van der Waals surface area contributed by atoms with E-state index < -0.39 is 0 Å². The van der Waals surface area contributed by atoms with Crippen LogP contribution in [0.25, 0.3) is 0 Å². The minimum atomic E-state index is -0.0227. The normalized spacial score (nSPS) is 16.0. The molecule has 1 saturated heterocycles. The first-order valence-electron chi connectivity index (χ1n) is 7.24. The van der Waals surface area contributed by atoms with E-state index >= 15 is 0 Å². The summed E-state index contributed by atoms with van der Waals surface area (Å²) in [6, 6.07) is 1.67. The molecule has 1 fully saturated rings. The third kappa shape index (κ3) is 4.64. The van der Waals surface area contributed by atoms with Gasteiger partial charge in [0, 0.05) is 52.6 Å². The molecular formula is C14H23N5O2. The second-order valence-electron chi connectivity index (χ2n) is 5.13. The van der Waals surface area contributed by atoms with Crippen LogP contribution in [0.4, 0.5) is 5.95 Å². The van der Waals surface area contributed by atoms with Gasteiger partial charge in [0.1, 0.15) is 5.69 Å². The zero-order valence-corrected chi connectivity index (χ0v) is 12.7. The quantitative estimate of drug-likeness (QED) is 0.761. The average Bonchev–Trinajstić information content (AvgIpc) is 2.52. The van der Waals surface area contributed by atoms with E-state index in [1.54, 1.807) is 19.4 Å². The third-order valence-corrected chi connectivity index (χ3v) is 3.47. The highest BCUT2D eigenvalue weighted by Gasteiger charge is 2.21. The van der Waals surface area contributed by atoms with Gasteiger partial charge in [0.2, 0.25) is 5.95 Å². The molecule has 0 aromatic carbocycles. The highest BCUT2D eigenvalue weighted by molar-refractivity contribution is 5.92. The summed E-state index contributed by atoms with van der Waals surface area (Å²) < 4.78 is 4.98. The first kappa shape index (κ1) is 15.7. The van der Waals surface area contributed by atoms with Gasteiger partial charge in [0.05, 0.1) is 0 Å². The number of rotatable bonds is 6. The van der Waals surface area contributed by atoms with Crippen molar-refractivity contribution >= 4 is 11.9 Å². The SMILES string of the molecule is COCCCNc1nccc(C(=O)N2CCN(C)CC2)n1. The maximum Gasteiger partial charge on any atom is 0.272 e. The number of amides is 1. The van der Waals surface area contributed by atoms with E-state index in [4.69, 9.17) is 4.74 Å². The van der Waals surface area contributed by atoms with E-state index in [0.29, 0.717) is 18.2 Å². The summed E-state index contributed by atoms with van der Waals surface area (Å²) in [6.07, 6.45) is 2.49. The number of carbonyl (C=O) groups excluding carboxylic acids is 1. The molecule has 2 rings (SSSR count). The number of piperazine rings is 1. The number of nitrogens with zero attached hydrogens (tertiary/aromatic N) is 4. The van der Waals surface area contributed by atoms with Crippen LogP contribution in [0.2, 0.25) is 0 Å². The summed E-state index contributed by atoms with van der Waals surface area (Å²) in [5.74, 6) is 0.469. The molecule has 1 N–H and O–H groups in total. The predicted octanol–water partition coefficient (Wildman–Crippen LogP) is 0.313. The van der Waals surface area contributed by atoms with Crippen LogP contribution in [-0.2, 0) is 4.74 Å². The fraction of sp³-hybridized carbons (Fsp3) is 0.643. The van der Waals surface area contributed by atoms with Crippen LogP contribution in [-0.4, -0.2) is 79.2 Å². The average molecular weight is 293 g/mol. The van der Waals surface area contributed by atoms with Gasteiger partial charge >= 0.3 is 0 Å². The molecule has 1 aromatic rings. The number of methoxy groups -OCH3 is 1. The molecule has 7 heteroatoms. The highest BCUT2D eigenvalue weighted by Crippen LogP contribution is 2.07. The van der Waals surface area contributed by atoms with Gasteiger partial charge in [-0.3, -0.25) is 4.79 Å². The first-order chi connectivity index (χ1) is 10.2. The lowest BCUT2D eigenvalue weighted by Crippen LogP contribution is -2.47. The molecule has 21 heavy (non-hydrogen) atoms. The molecule has 0 atom stereocenters. The Morgan fingerprint density at radius 3 is 2.86 bits per heavy atom. The third-order valence-electron chi connectivity index (χ3n) is 3.47. The smallest absolute Gasteiger partial charge is 0.272 e. The molecule has 0 radical (unpaired) electrons. The topological polar surface area (TPSA) is 70.6 Å². The Morgan fingerprint density at radius 1 is 1.38 bits per heavy atom. The zero-order chi connectivity index (χ0) is 15.1. The number of anilines is 1. The summed E-state index contributed by atoms with van der Waals surface area (Å²) in [4.78, 5) is 24.9. The lowest BCUT2D eigenvalue weighted by atomic mass is 10.3. The second-order valence-corrected chi connectivity index (χ2v) is 5.13. The Kier molecular flexibility index (Phi) is 5.89. The van der Waals surface area contributed by atoms with Gasteiger partial charge in [-0.15, -0.1) is 0 Å². The summed E-state index contributed by atoms with van der Waals surface area (Å²) >= 11 is 0. The number of ether oxygens (including phenoxy) is 1. The van der Waals surface area contributed by atoms with E-state index in [0.717, 1.165) is 39.1 Å². The van der Waals surface area contributed by atoms with Crippen molar-refractivity contribution in [1.82, 2.24) is 19.8 Å². The van der Waals surface area contributed by atoms with Gasteiger partial charge in [-0.25, -0.2) is 9.97 Å². The van der Waals surface area contributed by atoms with Gasteiger partial charge in [-0.05, 0) is 19.5 Å². The Hall–Kier alpha value is -1.73. The molecule has 0 aliphatic carbocycles. The fourth-order valence-electron chi connectivity index (χ4n) is 2.15. The van der Waals surface area contributed by atoms with Crippen LogP contribution in [0.5, 0.6) is 0 Å². The molecule has 2 heterocycles. The zero-order valence-electron chi connectivity index (χ0n) is 12.7. The van der Waals surface area contributed by atoms with E-state index in [1.165, 1.54) is 0 Å². The monoisotopic (exact) mass is 293 g/mol. The lowest BCUT2D eigenvalue weighted by molar-refractivity contribution is 0.0658. The molecule has 1 amide bonds. The van der Waals surface area contributed by atoms with Crippen LogP contribution in [0.15, 0.2) is 12.3 Å². The molecule has 0 saturated carbocycles. The Morgan fingerprint density at radius 2 is 2.14 bits per heavy atom. The standard InChI is InChI=1S/C14H23N5O2/c1-18-7-9-19(10-8-18)13(20)12-4-6-16-14(17-12)15-5-3-11-21-2/h4,6H,3,5,7-11H2,1-2H3,(H,15,16,17). The van der Waals surface area contributed by atoms with E-state index in [9.17, 15) is 4.79 Å². The summed E-state index contributed by atoms with van der Waals surface area (Å²) in [6.45, 7) is 4.71. The Labute approximate surface area is 125 Å². The van der Waals surface area contributed by atoms with Crippen LogP contribution in [0, 0.1) is 0 Å². The highest BCUT2D eigenvalue weighted by atomic mass is 16.5. The molecular weight excluding hydrogens is 270 g/mol. The predicted molar refractivity (Wildman–Crippen MR) is 80.4 cm³/mol. The van der Waals surface area contributed by atoms with Crippen molar-refractivity contribution in [2.45, 2.75) is 6.42 Å². The first-order valence-corrected chi connectivity index (χ1v) is 7.24. The van der Waals surface area contributed by atoms with Gasteiger partial charge < -0.3 is 19.9 Å². The molecule has 0 spiro atoms. The minimum absolute atomic E-state index is 0.0227. The molecule has 0 bridgehead atoms. The molecule has 7 nitrogen and oxygen atoms in total. The van der Waals surface area contributed by atoms with Crippen LogP contribution in [0.3, 0.4) is 0 Å². The number of nitrogens with one attached hydrogen (secondary N) is 1. The maximum atomic E-state index is 12.4. The summed E-state index contributed by atoms with van der Waals surface area (Å²) in [5.41, 5.74) is 0.448. The van der Waals surface area contributed by atoms with E-state index in [1.807, 2.05) is 4.90 Å². The van der Waals surface area contributed by atoms with Crippen LogP contribution >= 0.6 is 0 Å². The molecule has 116 valence electrons. The van der Waals surface area contributed by atoms with Crippen molar-refractivity contribution in [1.29, 1.82) is 0 Å². The Balaban J connectivity index is 1.91. The largest absolute Gasteiger partial charge is 0.385 e.